The van der Waals surface area contributed by atoms with Crippen molar-refractivity contribution in [2.24, 2.45) is 0 Å². The Bertz CT molecular complexity index is 913. The summed E-state index contributed by atoms with van der Waals surface area (Å²) >= 11 is 3.25. The van der Waals surface area contributed by atoms with Crippen LogP contribution < -0.4 is 0 Å². The largest absolute Gasteiger partial charge is 0.360 e. The third-order valence-electron chi connectivity index (χ3n) is 3.45. The SMILES string of the molecule is Cc1ccc2c(C(=O)c3cc4sccc4s3)c[nH]c2c1. The maximum Gasteiger partial charge on any atom is 0.205 e. The van der Waals surface area contributed by atoms with Crippen LogP contribution in [0.25, 0.3) is 20.3 Å². The van der Waals surface area contributed by atoms with E-state index in [0.717, 1.165) is 21.3 Å². The summed E-state index contributed by atoms with van der Waals surface area (Å²) in [5, 5.41) is 3.06. The lowest BCUT2D eigenvalue weighted by Crippen LogP contribution is -1.96. The molecule has 0 amide bonds. The number of nitrogens with one attached hydrogen (secondary N) is 1. The van der Waals surface area contributed by atoms with Crippen molar-refractivity contribution in [3.63, 3.8) is 0 Å². The molecule has 0 saturated heterocycles. The van der Waals surface area contributed by atoms with E-state index in [1.54, 1.807) is 22.7 Å². The van der Waals surface area contributed by atoms with Crippen LogP contribution in [0.1, 0.15) is 20.8 Å². The maximum absolute atomic E-state index is 12.7. The minimum Gasteiger partial charge on any atom is -0.360 e. The maximum atomic E-state index is 12.7. The van der Waals surface area contributed by atoms with Gasteiger partial charge in [0.2, 0.25) is 5.78 Å². The van der Waals surface area contributed by atoms with Crippen LogP contribution in [0.15, 0.2) is 41.9 Å². The van der Waals surface area contributed by atoms with Crippen molar-refractivity contribution in [3.8, 4) is 0 Å². The zero-order chi connectivity index (χ0) is 13.7. The predicted octanol–water partition coefficient (Wildman–Crippen LogP) is 4.98. The first kappa shape index (κ1) is 11.9. The normalized spacial score (nSPS) is 11.4. The number of carbonyl (C=O) groups excluding carboxylic acids is 1. The zero-order valence-corrected chi connectivity index (χ0v) is 12.4. The molecule has 98 valence electrons. The van der Waals surface area contributed by atoms with Gasteiger partial charge in [-0.1, -0.05) is 12.1 Å². The van der Waals surface area contributed by atoms with Crippen LogP contribution in [0.3, 0.4) is 0 Å². The minimum absolute atomic E-state index is 0.105. The van der Waals surface area contributed by atoms with Crippen molar-refractivity contribution in [3.05, 3.63) is 57.9 Å². The molecule has 0 aliphatic rings. The molecule has 0 aliphatic carbocycles. The van der Waals surface area contributed by atoms with Gasteiger partial charge in [0, 0.05) is 32.1 Å². The van der Waals surface area contributed by atoms with E-state index in [9.17, 15) is 4.79 Å². The summed E-state index contributed by atoms with van der Waals surface area (Å²) in [5.74, 6) is 0.105. The Hall–Kier alpha value is -1.91. The van der Waals surface area contributed by atoms with Crippen LogP contribution >= 0.6 is 22.7 Å². The first-order valence-corrected chi connectivity index (χ1v) is 8.01. The first-order valence-electron chi connectivity index (χ1n) is 6.32. The number of fused-ring (bicyclic) bond motifs is 2. The average Bonchev–Trinajstić information content (AvgIpc) is 3.10. The van der Waals surface area contributed by atoms with Crippen molar-refractivity contribution in [2.45, 2.75) is 6.92 Å². The molecule has 1 N–H and O–H groups in total. The number of H-pyrrole nitrogens is 1. The lowest BCUT2D eigenvalue weighted by molar-refractivity contribution is 0.104. The van der Waals surface area contributed by atoms with E-state index >= 15 is 0 Å². The summed E-state index contributed by atoms with van der Waals surface area (Å²) in [6, 6.07) is 10.2. The molecule has 4 aromatic rings. The molecule has 3 heterocycles. The van der Waals surface area contributed by atoms with Gasteiger partial charge in [0.1, 0.15) is 0 Å². The molecular formula is C16H11NOS2. The molecule has 4 heteroatoms. The number of ketones is 1. The highest BCUT2D eigenvalue weighted by atomic mass is 32.1. The second-order valence-corrected chi connectivity index (χ2v) is 6.87. The van der Waals surface area contributed by atoms with Crippen LogP contribution in [0.5, 0.6) is 0 Å². The number of hydrogen-bond donors (Lipinski definition) is 1. The fourth-order valence-corrected chi connectivity index (χ4v) is 4.50. The molecule has 2 nitrogen and oxygen atoms in total. The van der Waals surface area contributed by atoms with Crippen LogP contribution in [0.2, 0.25) is 0 Å². The van der Waals surface area contributed by atoms with Gasteiger partial charge < -0.3 is 4.98 Å². The molecule has 20 heavy (non-hydrogen) atoms. The molecule has 0 bridgehead atoms. The highest BCUT2D eigenvalue weighted by Gasteiger charge is 2.17. The minimum atomic E-state index is 0.105. The van der Waals surface area contributed by atoms with Gasteiger partial charge in [0.25, 0.3) is 0 Å². The third kappa shape index (κ3) is 1.72. The summed E-state index contributed by atoms with van der Waals surface area (Å²) in [6.45, 7) is 2.05. The molecular weight excluding hydrogens is 286 g/mol. The van der Waals surface area contributed by atoms with Gasteiger partial charge in [-0.3, -0.25) is 4.79 Å². The van der Waals surface area contributed by atoms with Gasteiger partial charge in [-0.25, -0.2) is 0 Å². The standard InChI is InChI=1S/C16H11NOS2/c1-9-2-3-10-11(8-17-12(10)6-9)16(18)15-7-14-13(20-15)4-5-19-14/h2-8,17H,1H3. The molecule has 0 saturated carbocycles. The van der Waals surface area contributed by atoms with Gasteiger partial charge in [0.05, 0.1) is 4.88 Å². The molecule has 4 rings (SSSR count). The predicted molar refractivity (Wildman–Crippen MR) is 86.2 cm³/mol. The number of aromatic nitrogens is 1. The zero-order valence-electron chi connectivity index (χ0n) is 10.8. The Morgan fingerprint density at radius 3 is 2.90 bits per heavy atom. The molecule has 0 aliphatic heterocycles. The lowest BCUT2D eigenvalue weighted by Gasteiger charge is -1.97. The van der Waals surface area contributed by atoms with Gasteiger partial charge >= 0.3 is 0 Å². The van der Waals surface area contributed by atoms with E-state index in [-0.39, 0.29) is 5.78 Å². The molecule has 0 spiro atoms. The van der Waals surface area contributed by atoms with Crippen molar-refractivity contribution in [1.82, 2.24) is 4.98 Å². The number of carbonyl (C=O) groups is 1. The number of benzene rings is 1. The lowest BCUT2D eigenvalue weighted by atomic mass is 10.1. The molecule has 3 aromatic heterocycles. The van der Waals surface area contributed by atoms with E-state index in [0.29, 0.717) is 0 Å². The van der Waals surface area contributed by atoms with Crippen LogP contribution in [0, 0.1) is 6.92 Å². The van der Waals surface area contributed by atoms with E-state index in [1.807, 2.05) is 24.4 Å². The summed E-state index contributed by atoms with van der Waals surface area (Å²) in [4.78, 5) is 16.7. The average molecular weight is 297 g/mol. The number of rotatable bonds is 2. The molecule has 0 atom stereocenters. The smallest absolute Gasteiger partial charge is 0.205 e. The van der Waals surface area contributed by atoms with E-state index in [1.165, 1.54) is 15.0 Å². The highest BCUT2D eigenvalue weighted by molar-refractivity contribution is 7.28. The fraction of sp³-hybridized carbons (Fsp3) is 0.0625. The van der Waals surface area contributed by atoms with Crippen molar-refractivity contribution in [1.29, 1.82) is 0 Å². The number of hydrogen-bond acceptors (Lipinski definition) is 3. The summed E-state index contributed by atoms with van der Waals surface area (Å²) < 4.78 is 2.38. The second-order valence-electron chi connectivity index (χ2n) is 4.84. The summed E-state index contributed by atoms with van der Waals surface area (Å²) in [6.07, 6.45) is 1.82. The van der Waals surface area contributed by atoms with Crippen LogP contribution in [0.4, 0.5) is 0 Å². The summed E-state index contributed by atoms with van der Waals surface area (Å²) in [5.41, 5.74) is 2.97. The van der Waals surface area contributed by atoms with Gasteiger partial charge in [-0.2, -0.15) is 0 Å². The third-order valence-corrected chi connectivity index (χ3v) is 5.54. The van der Waals surface area contributed by atoms with Crippen molar-refractivity contribution in [2.75, 3.05) is 0 Å². The highest BCUT2D eigenvalue weighted by Crippen LogP contribution is 2.32. The first-order chi connectivity index (χ1) is 9.72. The molecule has 0 fully saturated rings. The van der Waals surface area contributed by atoms with E-state index < -0.39 is 0 Å². The topological polar surface area (TPSA) is 32.9 Å². The Morgan fingerprint density at radius 2 is 2.05 bits per heavy atom. The molecule has 1 aromatic carbocycles. The number of thiophene rings is 2. The number of aryl methyl sites for hydroxylation is 1. The Labute approximate surface area is 123 Å². The van der Waals surface area contributed by atoms with Gasteiger partial charge in [-0.15, -0.1) is 22.7 Å². The van der Waals surface area contributed by atoms with Crippen LogP contribution in [-0.4, -0.2) is 10.8 Å². The summed E-state index contributed by atoms with van der Waals surface area (Å²) in [7, 11) is 0. The quantitative estimate of drug-likeness (QED) is 0.520. The van der Waals surface area contributed by atoms with Gasteiger partial charge in [-0.05, 0) is 36.1 Å². The van der Waals surface area contributed by atoms with Crippen LogP contribution in [-0.2, 0) is 0 Å². The van der Waals surface area contributed by atoms with Crippen molar-refractivity contribution >= 4 is 48.8 Å². The van der Waals surface area contributed by atoms with E-state index in [2.05, 4.69) is 29.4 Å². The number of aromatic amines is 1. The second kappa shape index (κ2) is 4.30. The van der Waals surface area contributed by atoms with Gasteiger partial charge in [0.15, 0.2) is 0 Å². The molecule has 0 unspecified atom stereocenters. The monoisotopic (exact) mass is 297 g/mol. The fourth-order valence-electron chi connectivity index (χ4n) is 2.44. The Kier molecular flexibility index (Phi) is 2.55. The van der Waals surface area contributed by atoms with Crippen molar-refractivity contribution < 1.29 is 4.79 Å². The molecule has 0 radical (unpaired) electrons. The Morgan fingerprint density at radius 1 is 1.15 bits per heavy atom. The van der Waals surface area contributed by atoms with E-state index in [4.69, 9.17) is 0 Å². The Balaban J connectivity index is 1.85.